The monoisotopic (exact) mass is 257 g/mol. The van der Waals surface area contributed by atoms with Gasteiger partial charge in [0, 0.05) is 18.4 Å². The van der Waals surface area contributed by atoms with Gasteiger partial charge < -0.3 is 9.88 Å². The van der Waals surface area contributed by atoms with Crippen LogP contribution in [0.2, 0.25) is 0 Å². The Morgan fingerprint density at radius 2 is 2.26 bits per heavy atom. The van der Waals surface area contributed by atoms with Crippen molar-refractivity contribution in [1.29, 1.82) is 0 Å². The van der Waals surface area contributed by atoms with Crippen molar-refractivity contribution in [2.45, 2.75) is 31.3 Å². The molecule has 2 rings (SSSR count). The van der Waals surface area contributed by atoms with E-state index in [1.807, 2.05) is 17.1 Å². The van der Waals surface area contributed by atoms with Gasteiger partial charge in [-0.05, 0) is 19.3 Å². The van der Waals surface area contributed by atoms with Crippen LogP contribution >= 0.6 is 0 Å². The molecule has 4 nitrogen and oxygen atoms in total. The van der Waals surface area contributed by atoms with Crippen molar-refractivity contribution in [3.63, 3.8) is 0 Å². The van der Waals surface area contributed by atoms with E-state index in [0.717, 1.165) is 19.3 Å². The van der Waals surface area contributed by atoms with Gasteiger partial charge in [-0.15, -0.1) is 13.2 Å². The van der Waals surface area contributed by atoms with Gasteiger partial charge in [-0.25, -0.2) is 4.98 Å². The predicted molar refractivity (Wildman–Crippen MR) is 75.7 cm³/mol. The molecule has 0 fully saturated rings. The first-order valence-electron chi connectivity index (χ1n) is 6.48. The number of carbonyl (C=O) groups is 1. The first-order chi connectivity index (χ1) is 9.27. The minimum atomic E-state index is -0.0620. The Morgan fingerprint density at radius 1 is 1.47 bits per heavy atom. The van der Waals surface area contributed by atoms with Gasteiger partial charge in [-0.2, -0.15) is 0 Å². The summed E-state index contributed by atoms with van der Waals surface area (Å²) in [6.45, 7) is 7.54. The third kappa shape index (κ3) is 2.84. The Labute approximate surface area is 113 Å². The molecule has 1 aliphatic rings. The van der Waals surface area contributed by atoms with Gasteiger partial charge >= 0.3 is 0 Å². The molecule has 0 aliphatic carbocycles. The van der Waals surface area contributed by atoms with E-state index in [2.05, 4.69) is 35.3 Å². The van der Waals surface area contributed by atoms with E-state index in [1.165, 1.54) is 0 Å². The lowest BCUT2D eigenvalue weighted by Gasteiger charge is -2.38. The summed E-state index contributed by atoms with van der Waals surface area (Å²) in [6.07, 6.45) is 13.5. The topological polar surface area (TPSA) is 49.0 Å². The van der Waals surface area contributed by atoms with Crippen molar-refractivity contribution in [3.8, 4) is 0 Å². The fourth-order valence-electron chi connectivity index (χ4n) is 2.46. The molecule has 1 N–H and O–H groups in total. The highest BCUT2D eigenvalue weighted by atomic mass is 16.2. The Morgan fingerprint density at radius 3 is 2.89 bits per heavy atom. The largest absolute Gasteiger partial charge is 0.341 e. The van der Waals surface area contributed by atoms with E-state index in [0.29, 0.717) is 5.82 Å². The molecule has 0 aromatic carbocycles. The number of aromatic nitrogens is 2. The number of carbonyl (C=O) groups excluding carboxylic acids is 1. The zero-order valence-corrected chi connectivity index (χ0v) is 11.0. The molecule has 1 amide bonds. The van der Waals surface area contributed by atoms with Gasteiger partial charge in [0.1, 0.15) is 0 Å². The Bertz CT molecular complexity index is 476. The molecule has 19 heavy (non-hydrogen) atoms. The van der Waals surface area contributed by atoms with Crippen LogP contribution in [0.15, 0.2) is 49.9 Å². The standard InChI is InChI=1S/C15H19N3O/c1-3-6-12-8-5-9-13(7-4-2)18(12)15(19)14-16-10-11-17-14/h3-5,8,10-13H,1-2,6-7,9H2,(H,16,17)/t12-,13-/m1/s1. The Hall–Kier alpha value is -2.10. The Balaban J connectivity index is 2.27. The van der Waals surface area contributed by atoms with Gasteiger partial charge in [0.05, 0.1) is 6.04 Å². The average Bonchev–Trinajstić information content (AvgIpc) is 2.93. The van der Waals surface area contributed by atoms with Gasteiger partial charge in [-0.3, -0.25) is 4.79 Å². The van der Waals surface area contributed by atoms with Gasteiger partial charge in [0.25, 0.3) is 5.91 Å². The number of nitrogens with one attached hydrogen (secondary N) is 1. The molecule has 2 heterocycles. The molecular weight excluding hydrogens is 238 g/mol. The number of rotatable bonds is 5. The number of aromatic amines is 1. The predicted octanol–water partition coefficient (Wildman–Crippen LogP) is 2.70. The zero-order chi connectivity index (χ0) is 13.7. The summed E-state index contributed by atoms with van der Waals surface area (Å²) < 4.78 is 0. The molecule has 1 aliphatic heterocycles. The van der Waals surface area contributed by atoms with Crippen molar-refractivity contribution >= 4 is 5.91 Å². The van der Waals surface area contributed by atoms with Crippen molar-refractivity contribution in [2.24, 2.45) is 0 Å². The minimum absolute atomic E-state index is 0.0498. The third-order valence-corrected chi connectivity index (χ3v) is 3.30. The van der Waals surface area contributed by atoms with Gasteiger partial charge in [-0.1, -0.05) is 24.3 Å². The molecule has 100 valence electrons. The molecule has 0 radical (unpaired) electrons. The lowest BCUT2D eigenvalue weighted by atomic mass is 9.97. The quantitative estimate of drug-likeness (QED) is 0.824. The van der Waals surface area contributed by atoms with Gasteiger partial charge in [0.2, 0.25) is 0 Å². The highest BCUT2D eigenvalue weighted by Gasteiger charge is 2.31. The van der Waals surface area contributed by atoms with Crippen LogP contribution in [0.25, 0.3) is 0 Å². The van der Waals surface area contributed by atoms with Crippen molar-refractivity contribution in [3.05, 3.63) is 55.7 Å². The van der Waals surface area contributed by atoms with Crippen molar-refractivity contribution in [1.82, 2.24) is 14.9 Å². The molecule has 0 saturated heterocycles. The minimum Gasteiger partial charge on any atom is -0.341 e. The molecule has 0 spiro atoms. The maximum atomic E-state index is 12.6. The summed E-state index contributed by atoms with van der Waals surface area (Å²) in [4.78, 5) is 21.4. The van der Waals surface area contributed by atoms with Crippen molar-refractivity contribution < 1.29 is 4.79 Å². The van der Waals surface area contributed by atoms with E-state index in [9.17, 15) is 4.79 Å². The SMILES string of the molecule is C=CC[C@@H]1CC=C[C@@H](CC=C)N1C(=O)c1ncc[nH]1. The molecule has 0 unspecified atom stereocenters. The maximum Gasteiger partial charge on any atom is 0.290 e. The van der Waals surface area contributed by atoms with Crippen LogP contribution in [0.5, 0.6) is 0 Å². The number of hydrogen-bond acceptors (Lipinski definition) is 2. The second kappa shape index (κ2) is 6.18. The lowest BCUT2D eigenvalue weighted by molar-refractivity contribution is 0.0596. The van der Waals surface area contributed by atoms with Crippen LogP contribution in [0.3, 0.4) is 0 Å². The summed E-state index contributed by atoms with van der Waals surface area (Å²) in [6, 6.07) is 0.193. The molecule has 0 bridgehead atoms. The highest BCUT2D eigenvalue weighted by molar-refractivity contribution is 5.91. The second-order valence-electron chi connectivity index (χ2n) is 4.58. The molecular formula is C15H19N3O. The summed E-state index contributed by atoms with van der Waals surface area (Å²) in [5, 5.41) is 0. The molecule has 1 aromatic rings. The van der Waals surface area contributed by atoms with Crippen LogP contribution in [0.4, 0.5) is 0 Å². The Kier molecular flexibility index (Phi) is 4.34. The normalized spacial score (nSPS) is 22.2. The second-order valence-corrected chi connectivity index (χ2v) is 4.58. The van der Waals surface area contributed by atoms with E-state index in [-0.39, 0.29) is 18.0 Å². The van der Waals surface area contributed by atoms with E-state index < -0.39 is 0 Å². The third-order valence-electron chi connectivity index (χ3n) is 3.30. The lowest BCUT2D eigenvalue weighted by Crippen LogP contribution is -2.48. The van der Waals surface area contributed by atoms with Crippen molar-refractivity contribution in [2.75, 3.05) is 0 Å². The number of amides is 1. The number of H-pyrrole nitrogens is 1. The smallest absolute Gasteiger partial charge is 0.290 e. The van der Waals surface area contributed by atoms with Crippen LogP contribution in [-0.4, -0.2) is 32.9 Å². The van der Waals surface area contributed by atoms with E-state index >= 15 is 0 Å². The number of hydrogen-bond donors (Lipinski definition) is 1. The first kappa shape index (κ1) is 13.3. The van der Waals surface area contributed by atoms with Crippen LogP contribution in [-0.2, 0) is 0 Å². The number of imidazole rings is 1. The summed E-state index contributed by atoms with van der Waals surface area (Å²) in [5.41, 5.74) is 0. The summed E-state index contributed by atoms with van der Waals surface area (Å²) in [5.74, 6) is 0.325. The summed E-state index contributed by atoms with van der Waals surface area (Å²) in [7, 11) is 0. The van der Waals surface area contributed by atoms with Crippen LogP contribution in [0.1, 0.15) is 29.9 Å². The van der Waals surface area contributed by atoms with E-state index in [4.69, 9.17) is 0 Å². The maximum absolute atomic E-state index is 12.6. The van der Waals surface area contributed by atoms with Crippen LogP contribution in [0, 0.1) is 0 Å². The zero-order valence-electron chi connectivity index (χ0n) is 11.0. The fourth-order valence-corrected chi connectivity index (χ4v) is 2.46. The fraction of sp³-hybridized carbons (Fsp3) is 0.333. The molecule has 2 atom stereocenters. The van der Waals surface area contributed by atoms with Crippen LogP contribution < -0.4 is 0 Å². The molecule has 4 heteroatoms. The number of nitrogens with zero attached hydrogens (tertiary/aromatic N) is 2. The molecule has 1 aromatic heterocycles. The molecule has 0 saturated carbocycles. The average molecular weight is 257 g/mol. The summed E-state index contributed by atoms with van der Waals surface area (Å²) >= 11 is 0. The van der Waals surface area contributed by atoms with Gasteiger partial charge in [0.15, 0.2) is 5.82 Å². The van der Waals surface area contributed by atoms with E-state index in [1.54, 1.807) is 12.4 Å². The highest BCUT2D eigenvalue weighted by Crippen LogP contribution is 2.24. The first-order valence-corrected chi connectivity index (χ1v) is 6.48.